The van der Waals surface area contributed by atoms with E-state index in [1.54, 1.807) is 12.3 Å². The number of nitrogens with zero attached hydrogens (tertiary/aromatic N) is 3. The molecule has 1 aromatic heterocycles. The predicted molar refractivity (Wildman–Crippen MR) is 51.6 cm³/mol. The van der Waals surface area contributed by atoms with Crippen molar-refractivity contribution in [3.63, 3.8) is 0 Å². The highest BCUT2D eigenvalue weighted by Crippen LogP contribution is 2.15. The summed E-state index contributed by atoms with van der Waals surface area (Å²) in [5.41, 5.74) is -0.0229. The van der Waals surface area contributed by atoms with E-state index in [-0.39, 0.29) is 10.6 Å². The van der Waals surface area contributed by atoms with Gasteiger partial charge in [-0.2, -0.15) is 5.26 Å². The first kappa shape index (κ1) is 10.9. The van der Waals surface area contributed by atoms with Gasteiger partial charge >= 0.3 is 0 Å². The zero-order chi connectivity index (χ0) is 10.8. The van der Waals surface area contributed by atoms with E-state index in [1.807, 2.05) is 0 Å². The molecule has 0 atom stereocenters. The smallest absolute Gasteiger partial charge is 0.194 e. The van der Waals surface area contributed by atoms with E-state index in [4.69, 9.17) is 5.26 Å². The van der Waals surface area contributed by atoms with Gasteiger partial charge in [0.2, 0.25) is 0 Å². The average molecular weight is 229 g/mol. The third-order valence-corrected chi connectivity index (χ3v) is 2.96. The Morgan fingerprint density at radius 2 is 2.21 bits per heavy atom. The molecule has 1 heterocycles. The predicted octanol–water partition coefficient (Wildman–Crippen LogP) is 0.474. The van der Waals surface area contributed by atoms with Gasteiger partial charge in [0.25, 0.3) is 0 Å². The quantitative estimate of drug-likeness (QED) is 0.416. The second-order valence-corrected chi connectivity index (χ2v) is 5.16. The summed E-state index contributed by atoms with van der Waals surface area (Å²) in [5, 5.41) is 8.77. The van der Waals surface area contributed by atoms with Crippen LogP contribution in [-0.2, 0) is 9.84 Å². The number of hydrogen-bond donors (Lipinski definition) is 0. The minimum atomic E-state index is -3.47. The maximum absolute atomic E-state index is 11.2. The van der Waals surface area contributed by atoms with Gasteiger partial charge in [-0.25, -0.2) is 18.4 Å². The lowest BCUT2D eigenvalue weighted by atomic mass is 10.4. The third-order valence-electron chi connectivity index (χ3n) is 1.39. The zero-order valence-electron chi connectivity index (χ0n) is 7.55. The van der Waals surface area contributed by atoms with Crippen LogP contribution < -0.4 is 0 Å². The normalized spacial score (nSPS) is 10.9. The Morgan fingerprint density at radius 3 is 2.64 bits per heavy atom. The van der Waals surface area contributed by atoms with Gasteiger partial charge in [-0.05, 0) is 6.26 Å². The lowest BCUT2D eigenvalue weighted by molar-refractivity contribution is 0.595. The minimum Gasteiger partial charge on any atom is -0.230 e. The lowest BCUT2D eigenvalue weighted by Crippen LogP contribution is -2.05. The topological polar surface area (TPSA) is 83.7 Å². The number of nitriles is 1. The molecule has 0 N–H and O–H groups in total. The van der Waals surface area contributed by atoms with Crippen molar-refractivity contribution in [1.82, 2.24) is 9.97 Å². The van der Waals surface area contributed by atoms with Crippen LogP contribution in [0.5, 0.6) is 0 Å². The van der Waals surface area contributed by atoms with Crippen molar-refractivity contribution in [3.05, 3.63) is 11.8 Å². The molecule has 0 aromatic carbocycles. The van der Waals surface area contributed by atoms with Gasteiger partial charge in [-0.1, -0.05) is 11.8 Å². The fraction of sp³-hybridized carbons (Fsp3) is 0.286. The van der Waals surface area contributed by atoms with Gasteiger partial charge in [0, 0.05) is 6.26 Å². The van der Waals surface area contributed by atoms with Crippen LogP contribution in [0.15, 0.2) is 16.4 Å². The van der Waals surface area contributed by atoms with Crippen molar-refractivity contribution in [2.45, 2.75) is 10.2 Å². The Balaban J connectivity index is 3.47. The molecule has 1 aromatic rings. The highest BCUT2D eigenvalue weighted by atomic mass is 32.2. The molecule has 14 heavy (non-hydrogen) atoms. The van der Waals surface area contributed by atoms with E-state index < -0.39 is 9.84 Å². The average Bonchev–Trinajstić information content (AvgIpc) is 2.15. The van der Waals surface area contributed by atoms with Crippen molar-refractivity contribution in [2.75, 3.05) is 12.5 Å². The van der Waals surface area contributed by atoms with Crippen LogP contribution in [0.25, 0.3) is 0 Å². The first-order valence-electron chi connectivity index (χ1n) is 3.50. The van der Waals surface area contributed by atoms with Crippen LogP contribution in [0.1, 0.15) is 5.56 Å². The van der Waals surface area contributed by atoms with E-state index in [2.05, 4.69) is 9.97 Å². The Kier molecular flexibility index (Phi) is 3.08. The molecule has 0 aliphatic heterocycles. The summed E-state index contributed by atoms with van der Waals surface area (Å²) in [5.74, 6) is 0. The maximum atomic E-state index is 11.2. The fourth-order valence-corrected chi connectivity index (χ4v) is 1.96. The molecule has 0 bridgehead atoms. The summed E-state index contributed by atoms with van der Waals surface area (Å²) in [7, 11) is -3.47. The van der Waals surface area contributed by atoms with Crippen LogP contribution in [0, 0.1) is 11.3 Å². The number of thioether (sulfide) groups is 1. The Morgan fingerprint density at radius 1 is 1.57 bits per heavy atom. The Labute approximate surface area is 86.1 Å². The first-order valence-corrected chi connectivity index (χ1v) is 6.62. The lowest BCUT2D eigenvalue weighted by Gasteiger charge is -2.01. The van der Waals surface area contributed by atoms with Crippen molar-refractivity contribution < 1.29 is 8.42 Å². The van der Waals surface area contributed by atoms with Gasteiger partial charge in [-0.3, -0.25) is 0 Å². The summed E-state index contributed by atoms with van der Waals surface area (Å²) in [6.45, 7) is 0. The Hall–Kier alpha value is -1.13. The number of hydrogen-bond acceptors (Lipinski definition) is 6. The second kappa shape index (κ2) is 3.94. The zero-order valence-corrected chi connectivity index (χ0v) is 9.18. The largest absolute Gasteiger partial charge is 0.230 e. The molecular weight excluding hydrogens is 222 g/mol. The number of rotatable bonds is 2. The van der Waals surface area contributed by atoms with E-state index >= 15 is 0 Å². The second-order valence-electron chi connectivity index (χ2n) is 2.46. The van der Waals surface area contributed by atoms with Crippen molar-refractivity contribution >= 4 is 21.6 Å². The molecule has 0 aliphatic carbocycles. The summed E-state index contributed by atoms with van der Waals surface area (Å²) >= 11 is 1.22. The molecule has 0 spiro atoms. The first-order chi connectivity index (χ1) is 6.49. The number of sulfone groups is 1. The van der Waals surface area contributed by atoms with Crippen molar-refractivity contribution in [1.29, 1.82) is 5.26 Å². The van der Waals surface area contributed by atoms with Gasteiger partial charge in [-0.15, -0.1) is 0 Å². The summed E-state index contributed by atoms with van der Waals surface area (Å²) in [6, 6.07) is 1.74. The molecule has 0 unspecified atom stereocenters. The summed E-state index contributed by atoms with van der Waals surface area (Å²) in [4.78, 5) is 7.58. The molecule has 7 heteroatoms. The molecule has 1 rings (SSSR count). The monoisotopic (exact) mass is 229 g/mol. The van der Waals surface area contributed by atoms with Crippen molar-refractivity contribution in [2.24, 2.45) is 0 Å². The standard InChI is InChI=1S/C7H7N3O2S2/c1-13-7-9-4-5(3-8)6(10-7)14(2,11)12/h4H,1-2H3. The van der Waals surface area contributed by atoms with Crippen LogP contribution in [0.2, 0.25) is 0 Å². The van der Waals surface area contributed by atoms with Crippen molar-refractivity contribution in [3.8, 4) is 6.07 Å². The molecule has 0 amide bonds. The van der Waals surface area contributed by atoms with Gasteiger partial charge in [0.05, 0.1) is 6.20 Å². The highest BCUT2D eigenvalue weighted by molar-refractivity contribution is 7.98. The van der Waals surface area contributed by atoms with E-state index in [9.17, 15) is 8.42 Å². The summed E-state index contributed by atoms with van der Waals surface area (Å²) in [6.07, 6.45) is 3.96. The van der Waals surface area contributed by atoms with E-state index in [0.29, 0.717) is 5.16 Å². The van der Waals surface area contributed by atoms with Gasteiger partial charge < -0.3 is 0 Å². The van der Waals surface area contributed by atoms with Crippen LogP contribution in [0.3, 0.4) is 0 Å². The molecular formula is C7H7N3O2S2. The van der Waals surface area contributed by atoms with Gasteiger partial charge in [0.15, 0.2) is 20.0 Å². The Bertz CT molecular complexity index is 490. The van der Waals surface area contributed by atoms with Gasteiger partial charge in [0.1, 0.15) is 11.6 Å². The van der Waals surface area contributed by atoms with E-state index in [1.165, 1.54) is 18.0 Å². The van der Waals surface area contributed by atoms with Crippen LogP contribution >= 0.6 is 11.8 Å². The SMILES string of the molecule is CSc1ncc(C#N)c(S(C)(=O)=O)n1. The minimum absolute atomic E-state index is 0.0229. The molecule has 74 valence electrons. The van der Waals surface area contributed by atoms with Crippen LogP contribution in [-0.4, -0.2) is 30.9 Å². The molecule has 5 nitrogen and oxygen atoms in total. The maximum Gasteiger partial charge on any atom is 0.194 e. The summed E-state index contributed by atoms with van der Waals surface area (Å²) < 4.78 is 22.5. The molecule has 0 saturated heterocycles. The molecule has 0 radical (unpaired) electrons. The molecule has 0 aliphatic rings. The van der Waals surface area contributed by atoms with E-state index in [0.717, 1.165) is 6.26 Å². The number of aromatic nitrogens is 2. The molecule has 0 fully saturated rings. The van der Waals surface area contributed by atoms with Crippen LogP contribution in [0.4, 0.5) is 0 Å². The fourth-order valence-electron chi connectivity index (χ4n) is 0.809. The highest BCUT2D eigenvalue weighted by Gasteiger charge is 2.16. The molecule has 0 saturated carbocycles. The third kappa shape index (κ3) is 2.21.